The molecule has 1 aliphatic heterocycles. The first-order chi connectivity index (χ1) is 12.5. The third-order valence-corrected chi connectivity index (χ3v) is 6.31. The molecule has 0 aliphatic carbocycles. The Hall–Kier alpha value is -2.24. The fourth-order valence-corrected chi connectivity index (χ4v) is 4.76. The number of aromatic nitrogens is 1. The lowest BCUT2D eigenvalue weighted by Gasteiger charge is -2.27. The Labute approximate surface area is 163 Å². The fourth-order valence-electron chi connectivity index (χ4n) is 3.41. The molecule has 2 atom stereocenters. The highest BCUT2D eigenvalue weighted by atomic mass is 32.1. The van der Waals surface area contributed by atoms with Crippen LogP contribution in [0, 0.1) is 20.8 Å². The topological polar surface area (TPSA) is 28.2 Å². The van der Waals surface area contributed by atoms with E-state index in [0.717, 1.165) is 16.5 Å². The van der Waals surface area contributed by atoms with E-state index in [2.05, 4.69) is 72.4 Å². The Kier molecular flexibility index (Phi) is 4.51. The minimum Gasteiger partial charge on any atom is -0.351 e. The number of thiophene rings is 1. The van der Waals surface area contributed by atoms with Gasteiger partial charge in [0.15, 0.2) is 5.11 Å². The number of pyridine rings is 1. The van der Waals surface area contributed by atoms with E-state index in [9.17, 15) is 0 Å². The molecule has 1 N–H and O–H groups in total. The Balaban J connectivity index is 1.83. The summed E-state index contributed by atoms with van der Waals surface area (Å²) in [4.78, 5) is 9.43. The minimum atomic E-state index is 0.0309. The molecule has 0 saturated carbocycles. The second-order valence-corrected chi connectivity index (χ2v) is 8.42. The van der Waals surface area contributed by atoms with Crippen LogP contribution < -0.4 is 10.2 Å². The Morgan fingerprint density at radius 3 is 2.54 bits per heavy atom. The number of aryl methyl sites for hydroxylation is 3. The zero-order chi connectivity index (χ0) is 18.3. The molecule has 26 heavy (non-hydrogen) atoms. The number of nitrogens with zero attached hydrogens (tertiary/aromatic N) is 2. The molecule has 3 heterocycles. The normalized spacial score (nSPS) is 19.7. The number of anilines is 1. The van der Waals surface area contributed by atoms with Crippen LogP contribution in [0.4, 0.5) is 5.69 Å². The summed E-state index contributed by atoms with van der Waals surface area (Å²) in [5.41, 5.74) is 4.70. The van der Waals surface area contributed by atoms with E-state index in [0.29, 0.717) is 0 Å². The van der Waals surface area contributed by atoms with E-state index in [1.807, 2.05) is 29.7 Å². The average molecular weight is 380 g/mol. The average Bonchev–Trinajstić information content (AvgIpc) is 3.21. The first-order valence-corrected chi connectivity index (χ1v) is 9.91. The van der Waals surface area contributed by atoms with Crippen LogP contribution in [0.1, 0.15) is 38.7 Å². The zero-order valence-corrected chi connectivity index (χ0v) is 16.7. The molecule has 0 radical (unpaired) electrons. The number of hydrogen-bond donors (Lipinski definition) is 1. The van der Waals surface area contributed by atoms with Crippen molar-refractivity contribution < 1.29 is 0 Å². The second kappa shape index (κ2) is 6.82. The molecule has 2 aromatic heterocycles. The van der Waals surface area contributed by atoms with Gasteiger partial charge < -0.3 is 10.2 Å². The van der Waals surface area contributed by atoms with E-state index in [1.165, 1.54) is 20.9 Å². The number of nitrogens with one attached hydrogen (secondary N) is 1. The summed E-state index contributed by atoms with van der Waals surface area (Å²) in [6.07, 6.45) is 1.84. The minimum absolute atomic E-state index is 0.0309. The van der Waals surface area contributed by atoms with Crippen LogP contribution >= 0.6 is 23.6 Å². The molecule has 0 bridgehead atoms. The molecule has 0 spiro atoms. The molecule has 3 nitrogen and oxygen atoms in total. The Bertz CT molecular complexity index is 949. The molecule has 4 rings (SSSR count). The van der Waals surface area contributed by atoms with Crippen molar-refractivity contribution in [2.75, 3.05) is 4.90 Å². The third kappa shape index (κ3) is 3.02. The van der Waals surface area contributed by atoms with Gasteiger partial charge in [0.2, 0.25) is 0 Å². The van der Waals surface area contributed by atoms with Crippen LogP contribution in [0.15, 0.2) is 54.7 Å². The van der Waals surface area contributed by atoms with Gasteiger partial charge in [0.25, 0.3) is 0 Å². The molecule has 1 aliphatic rings. The van der Waals surface area contributed by atoms with Crippen LogP contribution in [0.3, 0.4) is 0 Å². The highest BCUT2D eigenvalue weighted by Gasteiger charge is 2.41. The van der Waals surface area contributed by atoms with Crippen molar-refractivity contribution in [2.45, 2.75) is 32.9 Å². The van der Waals surface area contributed by atoms with Gasteiger partial charge in [-0.25, -0.2) is 0 Å². The number of hydrogen-bond acceptors (Lipinski definition) is 3. The van der Waals surface area contributed by atoms with Gasteiger partial charge in [-0.2, -0.15) is 0 Å². The predicted octanol–water partition coefficient (Wildman–Crippen LogP) is 5.25. The number of thiocarbonyl (C=S) groups is 1. The molecule has 132 valence electrons. The van der Waals surface area contributed by atoms with Gasteiger partial charge in [0.1, 0.15) is 0 Å². The van der Waals surface area contributed by atoms with Crippen LogP contribution in [0.2, 0.25) is 0 Å². The van der Waals surface area contributed by atoms with Crippen molar-refractivity contribution in [1.82, 2.24) is 10.3 Å². The van der Waals surface area contributed by atoms with E-state index < -0.39 is 0 Å². The Morgan fingerprint density at radius 1 is 1.04 bits per heavy atom. The summed E-state index contributed by atoms with van der Waals surface area (Å²) in [6.45, 7) is 6.42. The van der Waals surface area contributed by atoms with Gasteiger partial charge >= 0.3 is 0 Å². The van der Waals surface area contributed by atoms with Crippen LogP contribution in [-0.2, 0) is 0 Å². The van der Waals surface area contributed by atoms with Crippen molar-refractivity contribution >= 4 is 34.4 Å². The molecular weight excluding hydrogens is 358 g/mol. The summed E-state index contributed by atoms with van der Waals surface area (Å²) in [7, 11) is 0. The molecule has 5 heteroatoms. The standard InChI is InChI=1S/C21H21N3S2/c1-13-7-9-16(12-14(13)2)24-20(18-10-8-15(3)26-18)19(23-21(24)25)17-6-4-5-11-22-17/h4-12,19-20H,1-3H3,(H,23,25)/t19-,20+/m0/s1. The second-order valence-electron chi connectivity index (χ2n) is 6.71. The van der Waals surface area contributed by atoms with E-state index in [4.69, 9.17) is 12.2 Å². The number of benzene rings is 1. The smallest absolute Gasteiger partial charge is 0.174 e. The van der Waals surface area contributed by atoms with Gasteiger partial charge in [0.05, 0.1) is 17.8 Å². The van der Waals surface area contributed by atoms with Crippen LogP contribution in [0.25, 0.3) is 0 Å². The predicted molar refractivity (Wildman–Crippen MR) is 113 cm³/mol. The quantitative estimate of drug-likeness (QED) is 0.630. The molecule has 1 fully saturated rings. The molecule has 1 aromatic carbocycles. The van der Waals surface area contributed by atoms with Gasteiger partial charge in [-0.1, -0.05) is 12.1 Å². The van der Waals surface area contributed by atoms with Gasteiger partial charge in [-0.15, -0.1) is 11.3 Å². The lowest BCUT2D eigenvalue weighted by Crippen LogP contribution is -2.29. The molecule has 1 saturated heterocycles. The highest BCUT2D eigenvalue weighted by molar-refractivity contribution is 7.80. The summed E-state index contributed by atoms with van der Waals surface area (Å²) in [6, 6.07) is 17.1. The molecule has 0 unspecified atom stereocenters. The van der Waals surface area contributed by atoms with Crippen LogP contribution in [-0.4, -0.2) is 10.1 Å². The maximum atomic E-state index is 5.75. The lowest BCUT2D eigenvalue weighted by atomic mass is 10.0. The molecule has 3 aromatic rings. The summed E-state index contributed by atoms with van der Waals surface area (Å²) >= 11 is 7.57. The van der Waals surface area contributed by atoms with Crippen molar-refractivity contribution in [3.8, 4) is 0 Å². The van der Waals surface area contributed by atoms with Crippen molar-refractivity contribution in [3.05, 3.63) is 81.3 Å². The molecular formula is C21H21N3S2. The van der Waals surface area contributed by atoms with E-state index >= 15 is 0 Å². The van der Waals surface area contributed by atoms with E-state index in [1.54, 1.807) is 0 Å². The highest BCUT2D eigenvalue weighted by Crippen LogP contribution is 2.43. The fraction of sp³-hybridized carbons (Fsp3) is 0.238. The third-order valence-electron chi connectivity index (χ3n) is 4.92. The van der Waals surface area contributed by atoms with Crippen LogP contribution in [0.5, 0.6) is 0 Å². The SMILES string of the molecule is Cc1ccc([C@@H]2[C@H](c3ccccn3)NC(=S)N2c2ccc(C)c(C)c2)s1. The van der Waals surface area contributed by atoms with Gasteiger partial charge in [-0.05, 0) is 80.5 Å². The number of rotatable bonds is 3. The summed E-state index contributed by atoms with van der Waals surface area (Å²) in [5, 5.41) is 4.26. The largest absolute Gasteiger partial charge is 0.351 e. The van der Waals surface area contributed by atoms with E-state index in [-0.39, 0.29) is 12.1 Å². The summed E-state index contributed by atoms with van der Waals surface area (Å²) in [5.74, 6) is 0. The lowest BCUT2D eigenvalue weighted by molar-refractivity contribution is 0.575. The van der Waals surface area contributed by atoms with Gasteiger partial charge in [-0.3, -0.25) is 4.98 Å². The maximum absolute atomic E-state index is 5.75. The van der Waals surface area contributed by atoms with Crippen molar-refractivity contribution in [2.24, 2.45) is 0 Å². The van der Waals surface area contributed by atoms with Gasteiger partial charge in [0, 0.05) is 21.6 Å². The van der Waals surface area contributed by atoms with Crippen molar-refractivity contribution in [3.63, 3.8) is 0 Å². The monoisotopic (exact) mass is 379 g/mol. The first-order valence-electron chi connectivity index (χ1n) is 8.69. The first kappa shape index (κ1) is 17.2. The zero-order valence-electron chi connectivity index (χ0n) is 15.1. The Morgan fingerprint density at radius 2 is 1.88 bits per heavy atom. The summed E-state index contributed by atoms with van der Waals surface area (Å²) < 4.78 is 0. The van der Waals surface area contributed by atoms with Crippen molar-refractivity contribution in [1.29, 1.82) is 0 Å². The molecule has 0 amide bonds. The maximum Gasteiger partial charge on any atom is 0.174 e.